The van der Waals surface area contributed by atoms with E-state index in [1.54, 1.807) is 0 Å². The van der Waals surface area contributed by atoms with Crippen LogP contribution in [0.5, 0.6) is 5.75 Å². The Morgan fingerprint density at radius 3 is 1.97 bits per heavy atom. The zero-order valence-corrected chi connectivity index (χ0v) is 24.2. The van der Waals surface area contributed by atoms with Crippen molar-refractivity contribution in [3.05, 3.63) is 29.8 Å². The highest BCUT2D eigenvalue weighted by Crippen LogP contribution is 2.36. The molecule has 0 heterocycles. The summed E-state index contributed by atoms with van der Waals surface area (Å²) in [4.78, 5) is 12.7. The van der Waals surface area contributed by atoms with Crippen molar-refractivity contribution in [3.63, 3.8) is 0 Å². The molecule has 37 heavy (non-hydrogen) atoms. The second kappa shape index (κ2) is 17.9. The molecule has 2 fully saturated rings. The minimum absolute atomic E-state index is 0.0883. The summed E-state index contributed by atoms with van der Waals surface area (Å²) in [6, 6.07) is 7.59. The number of hydrogen-bond acceptors (Lipinski definition) is 3. The lowest BCUT2D eigenvalue weighted by molar-refractivity contribution is 0.0161. The van der Waals surface area contributed by atoms with Crippen LogP contribution >= 0.6 is 0 Å². The normalized spacial score (nSPS) is 24.1. The summed E-state index contributed by atoms with van der Waals surface area (Å²) < 4.78 is 11.9. The fraction of sp³-hybridized carbons (Fsp3) is 0.794. The van der Waals surface area contributed by atoms with Crippen LogP contribution in [0.4, 0.5) is 0 Å². The van der Waals surface area contributed by atoms with Gasteiger partial charge in [-0.25, -0.2) is 4.79 Å². The maximum Gasteiger partial charge on any atom is 0.338 e. The number of esters is 1. The topological polar surface area (TPSA) is 35.5 Å². The zero-order valence-electron chi connectivity index (χ0n) is 24.2. The van der Waals surface area contributed by atoms with Crippen LogP contribution in [-0.2, 0) is 4.74 Å². The molecular formula is C34H56O3. The Balaban J connectivity index is 1.29. The van der Waals surface area contributed by atoms with Gasteiger partial charge in [0.25, 0.3) is 0 Å². The van der Waals surface area contributed by atoms with E-state index in [9.17, 15) is 4.79 Å². The Hall–Kier alpha value is -1.51. The highest BCUT2D eigenvalue weighted by atomic mass is 16.5. The fourth-order valence-electron chi connectivity index (χ4n) is 6.72. The van der Waals surface area contributed by atoms with Gasteiger partial charge < -0.3 is 9.47 Å². The van der Waals surface area contributed by atoms with Crippen LogP contribution in [0.3, 0.4) is 0 Å². The first-order valence-corrected chi connectivity index (χ1v) is 16.1. The van der Waals surface area contributed by atoms with Gasteiger partial charge in [-0.05, 0) is 80.5 Å². The summed E-state index contributed by atoms with van der Waals surface area (Å²) in [5.74, 6) is 3.35. The maximum atomic E-state index is 12.7. The van der Waals surface area contributed by atoms with Gasteiger partial charge in [0.1, 0.15) is 11.9 Å². The zero-order chi connectivity index (χ0) is 26.1. The van der Waals surface area contributed by atoms with Crippen molar-refractivity contribution in [2.24, 2.45) is 17.8 Å². The number of carbonyl (C=O) groups is 1. The van der Waals surface area contributed by atoms with Gasteiger partial charge in [0.15, 0.2) is 0 Å². The number of carbonyl (C=O) groups excluding carboxylic acids is 1. The summed E-state index contributed by atoms with van der Waals surface area (Å²) in [5, 5.41) is 0. The SMILES string of the molecule is CCCCCCCC1CCC(OC(=O)c2ccc(OCCCC3CCCCC3CCCCC)cc2)CC1. The molecule has 0 aromatic heterocycles. The van der Waals surface area contributed by atoms with E-state index in [1.165, 1.54) is 109 Å². The molecule has 2 unspecified atom stereocenters. The van der Waals surface area contributed by atoms with Crippen LogP contribution in [0.2, 0.25) is 0 Å². The van der Waals surface area contributed by atoms with Crippen LogP contribution < -0.4 is 4.74 Å². The molecule has 210 valence electrons. The second-order valence-corrected chi connectivity index (χ2v) is 12.1. The smallest absolute Gasteiger partial charge is 0.338 e. The van der Waals surface area contributed by atoms with Crippen LogP contribution in [0.15, 0.2) is 24.3 Å². The lowest BCUT2D eigenvalue weighted by Crippen LogP contribution is -2.24. The van der Waals surface area contributed by atoms with Gasteiger partial charge in [-0.2, -0.15) is 0 Å². The molecule has 3 rings (SSSR count). The molecule has 0 spiro atoms. The molecule has 0 saturated heterocycles. The Kier molecular flexibility index (Phi) is 14.5. The summed E-state index contributed by atoms with van der Waals surface area (Å²) >= 11 is 0. The largest absolute Gasteiger partial charge is 0.494 e. The molecule has 2 atom stereocenters. The second-order valence-electron chi connectivity index (χ2n) is 12.1. The minimum atomic E-state index is -0.180. The number of rotatable bonds is 17. The maximum absolute atomic E-state index is 12.7. The van der Waals surface area contributed by atoms with Gasteiger partial charge >= 0.3 is 5.97 Å². The van der Waals surface area contributed by atoms with Crippen molar-refractivity contribution in [3.8, 4) is 5.75 Å². The average molecular weight is 513 g/mol. The van der Waals surface area contributed by atoms with E-state index in [1.807, 2.05) is 24.3 Å². The van der Waals surface area contributed by atoms with Crippen molar-refractivity contribution < 1.29 is 14.3 Å². The van der Waals surface area contributed by atoms with Gasteiger partial charge in [0.05, 0.1) is 12.2 Å². The molecule has 3 nitrogen and oxygen atoms in total. The van der Waals surface area contributed by atoms with E-state index < -0.39 is 0 Å². The molecule has 0 radical (unpaired) electrons. The Morgan fingerprint density at radius 2 is 1.30 bits per heavy atom. The standard InChI is InChI=1S/C34H56O3/c1-3-5-7-8-10-14-28-19-23-33(24-20-28)37-34(35)31-21-25-32(26-22-31)36-27-13-18-30-17-12-11-16-29(30)15-9-6-4-2/h21-22,25-26,28-30,33H,3-20,23-24,27H2,1-2H3. The average Bonchev–Trinajstić information content (AvgIpc) is 2.93. The van der Waals surface area contributed by atoms with E-state index in [0.717, 1.165) is 49.4 Å². The molecule has 0 aliphatic heterocycles. The highest BCUT2D eigenvalue weighted by molar-refractivity contribution is 5.89. The predicted octanol–water partition coefficient (Wildman–Crippen LogP) is 10.3. The lowest BCUT2D eigenvalue weighted by Gasteiger charge is -2.31. The van der Waals surface area contributed by atoms with Gasteiger partial charge in [0, 0.05) is 0 Å². The van der Waals surface area contributed by atoms with E-state index in [-0.39, 0.29) is 12.1 Å². The summed E-state index contributed by atoms with van der Waals surface area (Å²) in [6.07, 6.45) is 26.4. The highest BCUT2D eigenvalue weighted by Gasteiger charge is 2.25. The predicted molar refractivity (Wildman–Crippen MR) is 155 cm³/mol. The van der Waals surface area contributed by atoms with E-state index in [0.29, 0.717) is 5.56 Å². The molecule has 0 amide bonds. The van der Waals surface area contributed by atoms with Crippen LogP contribution in [0, 0.1) is 17.8 Å². The van der Waals surface area contributed by atoms with Gasteiger partial charge in [-0.15, -0.1) is 0 Å². The van der Waals surface area contributed by atoms with E-state index in [2.05, 4.69) is 13.8 Å². The molecule has 0 bridgehead atoms. The Bertz CT molecular complexity index is 719. The quantitative estimate of drug-likeness (QED) is 0.154. The summed E-state index contributed by atoms with van der Waals surface area (Å²) in [7, 11) is 0. The number of ether oxygens (including phenoxy) is 2. The molecular weight excluding hydrogens is 456 g/mol. The van der Waals surface area contributed by atoms with E-state index >= 15 is 0 Å². The van der Waals surface area contributed by atoms with Crippen LogP contribution in [0.25, 0.3) is 0 Å². The fourth-order valence-corrected chi connectivity index (χ4v) is 6.72. The van der Waals surface area contributed by atoms with Crippen molar-refractivity contribution in [1.82, 2.24) is 0 Å². The molecule has 1 aromatic carbocycles. The molecule has 2 aliphatic carbocycles. The first-order valence-electron chi connectivity index (χ1n) is 16.1. The number of unbranched alkanes of at least 4 members (excludes halogenated alkanes) is 6. The van der Waals surface area contributed by atoms with Gasteiger partial charge in [-0.1, -0.05) is 104 Å². The summed E-state index contributed by atoms with van der Waals surface area (Å²) in [6.45, 7) is 5.34. The first-order chi connectivity index (χ1) is 18.2. The molecule has 2 saturated carbocycles. The molecule has 2 aliphatic rings. The molecule has 0 N–H and O–H groups in total. The minimum Gasteiger partial charge on any atom is -0.494 e. The van der Waals surface area contributed by atoms with Gasteiger partial charge in [-0.3, -0.25) is 0 Å². The van der Waals surface area contributed by atoms with Crippen molar-refractivity contribution in [2.75, 3.05) is 6.61 Å². The van der Waals surface area contributed by atoms with Crippen molar-refractivity contribution >= 4 is 5.97 Å². The van der Waals surface area contributed by atoms with Crippen molar-refractivity contribution in [2.45, 2.75) is 148 Å². The van der Waals surface area contributed by atoms with E-state index in [4.69, 9.17) is 9.47 Å². The van der Waals surface area contributed by atoms with Crippen LogP contribution in [-0.4, -0.2) is 18.7 Å². The lowest BCUT2D eigenvalue weighted by atomic mass is 9.74. The third-order valence-corrected chi connectivity index (χ3v) is 9.11. The Labute approximate surface area is 228 Å². The van der Waals surface area contributed by atoms with Crippen LogP contribution in [0.1, 0.15) is 153 Å². The third-order valence-electron chi connectivity index (χ3n) is 9.11. The Morgan fingerprint density at radius 1 is 0.703 bits per heavy atom. The monoisotopic (exact) mass is 512 g/mol. The first kappa shape index (κ1) is 30.0. The van der Waals surface area contributed by atoms with Crippen molar-refractivity contribution in [1.29, 1.82) is 0 Å². The molecule has 3 heteroatoms. The molecule has 1 aromatic rings. The number of hydrogen-bond donors (Lipinski definition) is 0. The van der Waals surface area contributed by atoms with Gasteiger partial charge in [0.2, 0.25) is 0 Å². The summed E-state index contributed by atoms with van der Waals surface area (Å²) in [5.41, 5.74) is 0.641. The third kappa shape index (κ3) is 11.4. The number of benzene rings is 1.